The van der Waals surface area contributed by atoms with E-state index in [0.29, 0.717) is 0 Å². The average molecular weight is 251 g/mol. The molecule has 0 radical (unpaired) electrons. The fourth-order valence-electron chi connectivity index (χ4n) is 0.945. The van der Waals surface area contributed by atoms with Crippen molar-refractivity contribution in [2.45, 2.75) is 39.3 Å². The van der Waals surface area contributed by atoms with E-state index < -0.39 is 15.6 Å². The van der Waals surface area contributed by atoms with Gasteiger partial charge in [0.2, 0.25) is 15.9 Å². The topological polar surface area (TPSA) is 101 Å². The zero-order valence-electron chi connectivity index (χ0n) is 10.2. The predicted molar refractivity (Wildman–Crippen MR) is 63.3 cm³/mol. The fraction of sp³-hybridized carbons (Fsp3) is 0.889. The fourth-order valence-corrected chi connectivity index (χ4v) is 2.15. The Morgan fingerprint density at radius 1 is 1.38 bits per heavy atom. The van der Waals surface area contributed by atoms with Crippen LogP contribution in [-0.4, -0.2) is 38.2 Å². The molecule has 0 aliphatic carbocycles. The molecule has 0 aliphatic heterocycles. The van der Waals surface area contributed by atoms with Gasteiger partial charge in [0, 0.05) is 12.6 Å². The van der Waals surface area contributed by atoms with Gasteiger partial charge in [-0.3, -0.25) is 4.79 Å². The highest BCUT2D eigenvalue weighted by atomic mass is 32.2. The van der Waals surface area contributed by atoms with Gasteiger partial charge in [-0.2, -0.15) is 0 Å². The lowest BCUT2D eigenvalue weighted by molar-refractivity contribution is -0.125. The van der Waals surface area contributed by atoms with Crippen LogP contribution in [0, 0.1) is 0 Å². The highest BCUT2D eigenvalue weighted by molar-refractivity contribution is 7.89. The molecule has 0 saturated carbocycles. The Hall–Kier alpha value is -0.660. The first-order valence-electron chi connectivity index (χ1n) is 5.12. The molecule has 0 spiro atoms. The highest BCUT2D eigenvalue weighted by Gasteiger charge is 2.22. The molecule has 0 heterocycles. The lowest BCUT2D eigenvalue weighted by Gasteiger charge is -2.18. The molecule has 0 aromatic heterocycles. The minimum absolute atomic E-state index is 0.0571. The van der Waals surface area contributed by atoms with Crippen LogP contribution in [0.5, 0.6) is 0 Å². The summed E-state index contributed by atoms with van der Waals surface area (Å²) in [7, 11) is -3.33. The second kappa shape index (κ2) is 5.60. The molecule has 0 rings (SSSR count). The minimum Gasteiger partial charge on any atom is -0.353 e. The van der Waals surface area contributed by atoms with E-state index in [1.807, 2.05) is 0 Å². The molecule has 7 heteroatoms. The number of rotatable bonds is 6. The van der Waals surface area contributed by atoms with Gasteiger partial charge >= 0.3 is 0 Å². The van der Waals surface area contributed by atoms with Crippen LogP contribution < -0.4 is 15.8 Å². The molecular weight excluding hydrogens is 230 g/mol. The zero-order valence-corrected chi connectivity index (χ0v) is 11.0. The highest BCUT2D eigenvalue weighted by Crippen LogP contribution is 1.95. The number of carbonyl (C=O) groups is 1. The number of nitrogens with one attached hydrogen (secondary N) is 2. The van der Waals surface area contributed by atoms with Gasteiger partial charge in [0.15, 0.2) is 0 Å². The van der Waals surface area contributed by atoms with Crippen LogP contribution in [0.15, 0.2) is 0 Å². The molecule has 0 fully saturated rings. The maximum Gasteiger partial charge on any atom is 0.239 e. The van der Waals surface area contributed by atoms with Crippen LogP contribution in [-0.2, 0) is 14.8 Å². The molecule has 4 N–H and O–H groups in total. The summed E-state index contributed by atoms with van der Waals surface area (Å²) >= 11 is 0. The van der Waals surface area contributed by atoms with E-state index in [2.05, 4.69) is 10.0 Å². The molecule has 0 aliphatic rings. The first-order chi connectivity index (χ1) is 7.04. The van der Waals surface area contributed by atoms with Gasteiger partial charge in [-0.1, -0.05) is 0 Å². The van der Waals surface area contributed by atoms with E-state index in [1.54, 1.807) is 27.7 Å². The molecule has 0 bridgehead atoms. The molecule has 0 unspecified atom stereocenters. The summed E-state index contributed by atoms with van der Waals surface area (Å²) in [6, 6.07) is -0.147. The Bertz CT molecular complexity index is 330. The first kappa shape index (κ1) is 15.3. The van der Waals surface area contributed by atoms with Gasteiger partial charge in [-0.25, -0.2) is 13.1 Å². The van der Waals surface area contributed by atoms with Gasteiger partial charge in [0.25, 0.3) is 0 Å². The van der Waals surface area contributed by atoms with Crippen molar-refractivity contribution < 1.29 is 13.2 Å². The Morgan fingerprint density at radius 3 is 2.25 bits per heavy atom. The third-order valence-electron chi connectivity index (χ3n) is 1.66. The molecule has 0 aromatic carbocycles. The SMILES string of the molecule is CC(C)NS(=O)(=O)CCNC(=O)C(C)(C)N. The summed E-state index contributed by atoms with van der Waals surface area (Å²) in [4.78, 5) is 11.3. The van der Waals surface area contributed by atoms with Crippen molar-refractivity contribution in [1.82, 2.24) is 10.0 Å². The van der Waals surface area contributed by atoms with Gasteiger partial charge in [0.1, 0.15) is 0 Å². The van der Waals surface area contributed by atoms with E-state index in [1.165, 1.54) is 0 Å². The summed E-state index contributed by atoms with van der Waals surface area (Å²) < 4.78 is 25.2. The largest absolute Gasteiger partial charge is 0.353 e. The molecular formula is C9H21N3O3S. The Labute approximate surface area is 97.0 Å². The number of hydrogen-bond acceptors (Lipinski definition) is 4. The number of carbonyl (C=O) groups excluding carboxylic acids is 1. The van der Waals surface area contributed by atoms with Crippen molar-refractivity contribution in [3.05, 3.63) is 0 Å². The van der Waals surface area contributed by atoms with E-state index >= 15 is 0 Å². The zero-order chi connectivity index (χ0) is 13.0. The summed E-state index contributed by atoms with van der Waals surface area (Å²) in [5, 5.41) is 2.47. The number of hydrogen-bond donors (Lipinski definition) is 3. The van der Waals surface area contributed by atoms with Gasteiger partial charge < -0.3 is 11.1 Å². The maximum absolute atomic E-state index is 11.4. The van der Waals surface area contributed by atoms with E-state index in [9.17, 15) is 13.2 Å². The number of sulfonamides is 1. The standard InChI is InChI=1S/C9H21N3O3S/c1-7(2)12-16(14,15)6-5-11-8(13)9(3,4)10/h7,12H,5-6,10H2,1-4H3,(H,11,13). The van der Waals surface area contributed by atoms with E-state index in [0.717, 1.165) is 0 Å². The summed E-state index contributed by atoms with van der Waals surface area (Å²) in [6.45, 7) is 6.65. The Morgan fingerprint density at radius 2 is 1.88 bits per heavy atom. The van der Waals surface area contributed by atoms with Crippen molar-refractivity contribution in [2.24, 2.45) is 5.73 Å². The van der Waals surface area contributed by atoms with Crippen molar-refractivity contribution in [3.63, 3.8) is 0 Å². The van der Waals surface area contributed by atoms with E-state index in [-0.39, 0.29) is 24.2 Å². The molecule has 96 valence electrons. The van der Waals surface area contributed by atoms with Crippen LogP contribution in [0.25, 0.3) is 0 Å². The normalized spacial score (nSPS) is 12.9. The van der Waals surface area contributed by atoms with Crippen molar-refractivity contribution >= 4 is 15.9 Å². The van der Waals surface area contributed by atoms with Crippen molar-refractivity contribution in [3.8, 4) is 0 Å². The third kappa shape index (κ3) is 6.76. The molecule has 1 amide bonds. The second-order valence-corrected chi connectivity index (χ2v) is 6.44. The predicted octanol–water partition coefficient (Wildman–Crippen LogP) is -0.832. The molecule has 16 heavy (non-hydrogen) atoms. The van der Waals surface area contributed by atoms with Crippen LogP contribution >= 0.6 is 0 Å². The second-order valence-electron chi connectivity index (χ2n) is 4.57. The third-order valence-corrected chi connectivity index (χ3v) is 3.23. The molecule has 6 nitrogen and oxygen atoms in total. The summed E-state index contributed by atoms with van der Waals surface area (Å²) in [5.41, 5.74) is 4.54. The Balaban J connectivity index is 4.05. The molecule has 0 aromatic rings. The summed E-state index contributed by atoms with van der Waals surface area (Å²) in [5.74, 6) is -0.514. The maximum atomic E-state index is 11.4. The molecule has 0 atom stereocenters. The van der Waals surface area contributed by atoms with Gasteiger partial charge in [-0.15, -0.1) is 0 Å². The first-order valence-corrected chi connectivity index (χ1v) is 6.77. The quantitative estimate of drug-likeness (QED) is 0.573. The van der Waals surface area contributed by atoms with Crippen LogP contribution in [0.4, 0.5) is 0 Å². The van der Waals surface area contributed by atoms with Gasteiger partial charge in [0.05, 0.1) is 11.3 Å². The van der Waals surface area contributed by atoms with Gasteiger partial charge in [-0.05, 0) is 27.7 Å². The minimum atomic E-state index is -3.33. The molecule has 0 saturated heterocycles. The monoisotopic (exact) mass is 251 g/mol. The lowest BCUT2D eigenvalue weighted by atomic mass is 10.1. The lowest BCUT2D eigenvalue weighted by Crippen LogP contribution is -2.50. The van der Waals surface area contributed by atoms with Crippen LogP contribution in [0.3, 0.4) is 0 Å². The van der Waals surface area contributed by atoms with E-state index in [4.69, 9.17) is 5.73 Å². The number of amides is 1. The van der Waals surface area contributed by atoms with Crippen LogP contribution in [0.2, 0.25) is 0 Å². The Kier molecular flexibility index (Phi) is 5.37. The van der Waals surface area contributed by atoms with Crippen molar-refractivity contribution in [1.29, 1.82) is 0 Å². The van der Waals surface area contributed by atoms with Crippen molar-refractivity contribution in [2.75, 3.05) is 12.3 Å². The summed E-state index contributed by atoms with van der Waals surface area (Å²) in [6.07, 6.45) is 0. The average Bonchev–Trinajstić information content (AvgIpc) is 1.98. The smallest absolute Gasteiger partial charge is 0.239 e. The number of nitrogens with two attached hydrogens (primary N) is 1. The van der Waals surface area contributed by atoms with Crippen LogP contribution in [0.1, 0.15) is 27.7 Å².